The standard InChI is InChI=1S/C26H20N8O2/c1-14-4-5-19-18(6-8-28-24(19)33-15-9-16(35)11-17(36)10-15)21(14)34-25-20(3-2-7-27-25)22-23-26(31-12-29-22)32-13-30-23/h2-13,35-36H,1H3,(H,27,34)(H,28,33)(H,29,30,31,32). The Morgan fingerprint density at radius 2 is 1.61 bits per heavy atom. The maximum Gasteiger partial charge on any atom is 0.161 e. The number of phenols is 2. The van der Waals surface area contributed by atoms with E-state index >= 15 is 0 Å². The molecule has 0 amide bonds. The van der Waals surface area contributed by atoms with Crippen LogP contribution in [0.5, 0.6) is 11.5 Å². The van der Waals surface area contributed by atoms with Gasteiger partial charge in [0.1, 0.15) is 40.7 Å². The summed E-state index contributed by atoms with van der Waals surface area (Å²) in [6.07, 6.45) is 6.51. The number of fused-ring (bicyclic) bond motifs is 2. The number of imidazole rings is 1. The zero-order valence-electron chi connectivity index (χ0n) is 19.1. The molecular weight excluding hydrogens is 456 g/mol. The molecule has 4 heterocycles. The molecule has 36 heavy (non-hydrogen) atoms. The maximum absolute atomic E-state index is 9.85. The molecule has 0 radical (unpaired) electrons. The van der Waals surface area contributed by atoms with Gasteiger partial charge in [-0.3, -0.25) is 0 Å². The SMILES string of the molecule is Cc1ccc2c(Nc3cc(O)cc(O)c3)nccc2c1Nc1ncccc1-c1ncnc2[nH]cnc12. The van der Waals surface area contributed by atoms with Gasteiger partial charge >= 0.3 is 0 Å². The molecular formula is C26H20N8O2. The molecule has 6 rings (SSSR count). The monoisotopic (exact) mass is 476 g/mol. The second-order valence-corrected chi connectivity index (χ2v) is 8.22. The molecule has 2 aromatic carbocycles. The molecule has 0 fully saturated rings. The van der Waals surface area contributed by atoms with Crippen LogP contribution in [0, 0.1) is 6.92 Å². The van der Waals surface area contributed by atoms with Crippen molar-refractivity contribution < 1.29 is 10.2 Å². The Bertz CT molecular complexity index is 1730. The molecule has 4 aromatic heterocycles. The minimum Gasteiger partial charge on any atom is -0.508 e. The van der Waals surface area contributed by atoms with Gasteiger partial charge in [-0.15, -0.1) is 0 Å². The molecule has 0 aliphatic heterocycles. The molecule has 0 saturated heterocycles. The zero-order valence-corrected chi connectivity index (χ0v) is 19.1. The summed E-state index contributed by atoms with van der Waals surface area (Å²) in [6.45, 7) is 2.02. The third-order valence-corrected chi connectivity index (χ3v) is 5.84. The van der Waals surface area contributed by atoms with Crippen LogP contribution in [0.2, 0.25) is 0 Å². The summed E-state index contributed by atoms with van der Waals surface area (Å²) in [5, 5.41) is 28.2. The predicted octanol–water partition coefficient (Wildman–Crippen LogP) is 5.17. The average molecular weight is 477 g/mol. The highest BCUT2D eigenvalue weighted by Crippen LogP contribution is 2.37. The molecule has 0 unspecified atom stereocenters. The van der Waals surface area contributed by atoms with E-state index in [9.17, 15) is 10.2 Å². The van der Waals surface area contributed by atoms with Gasteiger partial charge < -0.3 is 25.8 Å². The van der Waals surface area contributed by atoms with Crippen LogP contribution >= 0.6 is 0 Å². The van der Waals surface area contributed by atoms with Crippen molar-refractivity contribution in [3.63, 3.8) is 0 Å². The lowest BCUT2D eigenvalue weighted by atomic mass is 10.0. The Kier molecular flexibility index (Phi) is 5.03. The summed E-state index contributed by atoms with van der Waals surface area (Å²) in [4.78, 5) is 25.2. The number of aryl methyl sites for hydroxylation is 1. The number of aromatic amines is 1. The van der Waals surface area contributed by atoms with Gasteiger partial charge in [-0.1, -0.05) is 12.1 Å². The first-order valence-electron chi connectivity index (χ1n) is 11.1. The fourth-order valence-corrected chi connectivity index (χ4v) is 4.21. The van der Waals surface area contributed by atoms with E-state index < -0.39 is 0 Å². The van der Waals surface area contributed by atoms with Crippen LogP contribution < -0.4 is 10.6 Å². The molecule has 0 atom stereocenters. The van der Waals surface area contributed by atoms with E-state index in [1.807, 2.05) is 37.3 Å². The van der Waals surface area contributed by atoms with Crippen molar-refractivity contribution >= 4 is 44.9 Å². The van der Waals surface area contributed by atoms with Crippen molar-refractivity contribution in [2.45, 2.75) is 6.92 Å². The topological polar surface area (TPSA) is 145 Å². The van der Waals surface area contributed by atoms with E-state index in [0.717, 1.165) is 27.6 Å². The van der Waals surface area contributed by atoms with Gasteiger partial charge in [0.15, 0.2) is 5.65 Å². The molecule has 10 heteroatoms. The normalized spacial score (nSPS) is 11.1. The number of rotatable bonds is 5. The number of aromatic hydroxyl groups is 2. The van der Waals surface area contributed by atoms with Crippen LogP contribution in [0.15, 0.2) is 73.6 Å². The number of aromatic nitrogens is 6. The van der Waals surface area contributed by atoms with Crippen molar-refractivity contribution in [3.8, 4) is 22.8 Å². The fraction of sp³-hybridized carbons (Fsp3) is 0.0385. The molecule has 10 nitrogen and oxygen atoms in total. The largest absolute Gasteiger partial charge is 0.508 e. The lowest BCUT2D eigenvalue weighted by Gasteiger charge is -2.17. The Labute approximate surface area is 204 Å². The third kappa shape index (κ3) is 3.76. The average Bonchev–Trinajstić information content (AvgIpc) is 3.35. The summed E-state index contributed by atoms with van der Waals surface area (Å²) in [7, 11) is 0. The van der Waals surface area contributed by atoms with Gasteiger partial charge in [0.2, 0.25) is 0 Å². The highest BCUT2D eigenvalue weighted by molar-refractivity contribution is 6.03. The molecule has 0 aliphatic carbocycles. The van der Waals surface area contributed by atoms with Crippen LogP contribution in [0.3, 0.4) is 0 Å². The maximum atomic E-state index is 9.85. The molecule has 0 bridgehead atoms. The number of nitrogens with zero attached hydrogens (tertiary/aromatic N) is 5. The third-order valence-electron chi connectivity index (χ3n) is 5.84. The Morgan fingerprint density at radius 3 is 2.47 bits per heavy atom. The molecule has 5 N–H and O–H groups in total. The summed E-state index contributed by atoms with van der Waals surface area (Å²) in [6, 6.07) is 14.0. The van der Waals surface area contributed by atoms with Crippen molar-refractivity contribution in [2.24, 2.45) is 0 Å². The number of hydrogen-bond acceptors (Lipinski definition) is 9. The molecule has 0 spiro atoms. The second kappa shape index (κ2) is 8.51. The highest BCUT2D eigenvalue weighted by Gasteiger charge is 2.16. The Hall–Kier alpha value is -5.25. The lowest BCUT2D eigenvalue weighted by molar-refractivity contribution is 0.451. The number of pyridine rings is 2. The predicted molar refractivity (Wildman–Crippen MR) is 138 cm³/mol. The van der Waals surface area contributed by atoms with E-state index in [1.165, 1.54) is 24.5 Å². The van der Waals surface area contributed by atoms with Crippen LogP contribution in [0.4, 0.5) is 23.0 Å². The number of H-pyrrole nitrogens is 1. The lowest BCUT2D eigenvalue weighted by Crippen LogP contribution is -2.02. The smallest absolute Gasteiger partial charge is 0.161 e. The molecule has 0 saturated carbocycles. The first-order valence-corrected chi connectivity index (χ1v) is 11.1. The summed E-state index contributed by atoms with van der Waals surface area (Å²) in [5.74, 6) is 1.11. The van der Waals surface area contributed by atoms with Gasteiger partial charge in [-0.05, 0) is 30.7 Å². The Balaban J connectivity index is 1.45. The van der Waals surface area contributed by atoms with Crippen LogP contribution in [-0.4, -0.2) is 40.1 Å². The first-order chi connectivity index (χ1) is 17.6. The first kappa shape index (κ1) is 21.3. The number of anilines is 4. The van der Waals surface area contributed by atoms with Crippen LogP contribution in [-0.2, 0) is 0 Å². The highest BCUT2D eigenvalue weighted by atomic mass is 16.3. The van der Waals surface area contributed by atoms with Gasteiger partial charge in [0.05, 0.1) is 12.0 Å². The second-order valence-electron chi connectivity index (χ2n) is 8.22. The minimum atomic E-state index is -0.0469. The van der Waals surface area contributed by atoms with Crippen molar-refractivity contribution in [1.29, 1.82) is 0 Å². The Morgan fingerprint density at radius 1 is 0.778 bits per heavy atom. The van der Waals surface area contributed by atoms with Gasteiger partial charge in [0, 0.05) is 52.6 Å². The van der Waals surface area contributed by atoms with Gasteiger partial charge in [-0.25, -0.2) is 24.9 Å². The van der Waals surface area contributed by atoms with Crippen molar-refractivity contribution in [2.75, 3.05) is 10.6 Å². The van der Waals surface area contributed by atoms with Crippen molar-refractivity contribution in [1.82, 2.24) is 29.9 Å². The number of hydrogen-bond donors (Lipinski definition) is 5. The number of benzene rings is 2. The summed E-state index contributed by atoms with van der Waals surface area (Å²) < 4.78 is 0. The van der Waals surface area contributed by atoms with Gasteiger partial charge in [-0.2, -0.15) is 0 Å². The summed E-state index contributed by atoms with van der Waals surface area (Å²) in [5.41, 5.74) is 5.16. The summed E-state index contributed by atoms with van der Waals surface area (Å²) >= 11 is 0. The molecule has 6 aromatic rings. The fourth-order valence-electron chi connectivity index (χ4n) is 4.21. The van der Waals surface area contributed by atoms with Crippen molar-refractivity contribution in [3.05, 3.63) is 79.1 Å². The zero-order chi connectivity index (χ0) is 24.6. The number of phenolic OH excluding ortho intramolecular Hbond substituents is 2. The van der Waals surface area contributed by atoms with E-state index in [2.05, 4.69) is 40.5 Å². The quantitative estimate of drug-likeness (QED) is 0.227. The minimum absolute atomic E-state index is 0.0469. The van der Waals surface area contributed by atoms with Gasteiger partial charge in [0.25, 0.3) is 0 Å². The molecule has 176 valence electrons. The van der Waals surface area contributed by atoms with E-state index in [4.69, 9.17) is 0 Å². The van der Waals surface area contributed by atoms with E-state index in [0.29, 0.717) is 34.2 Å². The molecule has 0 aliphatic rings. The van der Waals surface area contributed by atoms with E-state index in [-0.39, 0.29) is 11.5 Å². The van der Waals surface area contributed by atoms with Crippen LogP contribution in [0.25, 0.3) is 33.2 Å². The van der Waals surface area contributed by atoms with E-state index in [1.54, 1.807) is 18.7 Å². The number of nitrogens with one attached hydrogen (secondary N) is 3. The van der Waals surface area contributed by atoms with Crippen LogP contribution in [0.1, 0.15) is 5.56 Å².